The molecule has 9 heteroatoms. The highest BCUT2D eigenvalue weighted by molar-refractivity contribution is 5.79. The van der Waals surface area contributed by atoms with Crippen LogP contribution in [0.15, 0.2) is 16.9 Å². The number of rotatable bonds is 7. The summed E-state index contributed by atoms with van der Waals surface area (Å²) < 4.78 is 45.1. The van der Waals surface area contributed by atoms with E-state index in [1.165, 1.54) is 30.3 Å². The van der Waals surface area contributed by atoms with Gasteiger partial charge in [0.05, 0.1) is 12.1 Å². The van der Waals surface area contributed by atoms with Gasteiger partial charge in [-0.05, 0) is 51.8 Å². The van der Waals surface area contributed by atoms with Crippen molar-refractivity contribution in [1.29, 1.82) is 0 Å². The fraction of sp³-hybridized carbons (Fsp3) is 0.812. The third kappa shape index (κ3) is 15.3. The van der Waals surface area contributed by atoms with Crippen molar-refractivity contribution >= 4 is 5.91 Å². The molecule has 2 aliphatic rings. The number of aromatic nitrogens is 1. The predicted octanol–water partition coefficient (Wildman–Crippen LogP) is 7.87. The third-order valence-corrected chi connectivity index (χ3v) is 6.79. The molecule has 3 rings (SSSR count). The number of carbonyl (C=O) groups excluding carboxylic acids is 1. The molecule has 0 bridgehead atoms. The minimum absolute atomic E-state index is 0.0135. The minimum atomic E-state index is -4.56. The highest BCUT2D eigenvalue weighted by atomic mass is 19.4. The summed E-state index contributed by atoms with van der Waals surface area (Å²) in [5.74, 6) is 0.645. The number of fused-ring (bicyclic) bond motifs is 1. The highest BCUT2D eigenvalue weighted by Gasteiger charge is 2.36. The van der Waals surface area contributed by atoms with E-state index >= 15 is 0 Å². The third-order valence-electron chi connectivity index (χ3n) is 6.79. The van der Waals surface area contributed by atoms with Crippen molar-refractivity contribution < 1.29 is 22.7 Å². The lowest BCUT2D eigenvalue weighted by Gasteiger charge is -2.32. The number of hydrogen-bond donors (Lipinski definition) is 0. The van der Waals surface area contributed by atoms with E-state index in [1.54, 1.807) is 12.0 Å². The summed E-state index contributed by atoms with van der Waals surface area (Å²) in [6, 6.07) is 1.98. The van der Waals surface area contributed by atoms with Crippen molar-refractivity contribution in [2.75, 3.05) is 34.4 Å². The van der Waals surface area contributed by atoms with Crippen LogP contribution in [0.3, 0.4) is 0 Å². The van der Waals surface area contributed by atoms with Gasteiger partial charge in [-0.2, -0.15) is 13.2 Å². The molecule has 0 radical (unpaired) electrons. The Hall–Kier alpha value is -1.87. The summed E-state index contributed by atoms with van der Waals surface area (Å²) in [4.78, 5) is 28.4. The Balaban J connectivity index is 0. The van der Waals surface area contributed by atoms with Gasteiger partial charge in [0, 0.05) is 50.5 Å². The van der Waals surface area contributed by atoms with Gasteiger partial charge in [0.2, 0.25) is 5.91 Å². The van der Waals surface area contributed by atoms with Gasteiger partial charge in [-0.3, -0.25) is 9.59 Å². The maximum Gasteiger partial charge on any atom is 0.416 e. The molecule has 1 aromatic heterocycles. The maximum atomic E-state index is 12.9. The van der Waals surface area contributed by atoms with Crippen LogP contribution in [-0.2, 0) is 28.8 Å². The van der Waals surface area contributed by atoms with Crippen molar-refractivity contribution in [3.8, 4) is 0 Å². The Bertz CT molecular complexity index is 872. The topological polar surface area (TPSA) is 54.8 Å². The normalized spacial score (nSPS) is 18.3. The molecule has 1 fully saturated rings. The Labute approximate surface area is 248 Å². The van der Waals surface area contributed by atoms with Crippen molar-refractivity contribution in [1.82, 2.24) is 14.4 Å². The first-order valence-corrected chi connectivity index (χ1v) is 15.6. The number of nitrogens with zero attached hydrogens (tertiary/aromatic N) is 3. The highest BCUT2D eigenvalue weighted by Crippen LogP contribution is 2.32. The second-order valence-electron chi connectivity index (χ2n) is 10.5. The molecule has 6 nitrogen and oxygen atoms in total. The van der Waals surface area contributed by atoms with E-state index in [-0.39, 0.29) is 30.6 Å². The van der Waals surface area contributed by atoms with E-state index in [9.17, 15) is 22.8 Å². The van der Waals surface area contributed by atoms with Crippen LogP contribution in [0, 0.1) is 11.8 Å². The zero-order valence-electron chi connectivity index (χ0n) is 27.9. The summed E-state index contributed by atoms with van der Waals surface area (Å²) in [5.41, 5.74) is -1.36. The number of unbranched alkanes of at least 4 members (excludes halogenated alkanes) is 1. The predicted molar refractivity (Wildman–Crippen MR) is 165 cm³/mol. The number of ether oxygens (including phenoxy) is 1. The Morgan fingerprint density at radius 2 is 1.66 bits per heavy atom. The summed E-state index contributed by atoms with van der Waals surface area (Å²) >= 11 is 0. The molecule has 3 atom stereocenters. The van der Waals surface area contributed by atoms with Gasteiger partial charge in [0.1, 0.15) is 0 Å². The molecule has 0 spiro atoms. The van der Waals surface area contributed by atoms with Crippen LogP contribution in [0.5, 0.6) is 0 Å². The van der Waals surface area contributed by atoms with Crippen LogP contribution < -0.4 is 5.56 Å². The van der Waals surface area contributed by atoms with Gasteiger partial charge < -0.3 is 19.1 Å². The Morgan fingerprint density at radius 1 is 1.07 bits per heavy atom. The average molecular weight is 592 g/mol. The monoisotopic (exact) mass is 591 g/mol. The summed E-state index contributed by atoms with van der Waals surface area (Å²) in [6.45, 7) is 18.3. The number of hydrogen-bond acceptors (Lipinski definition) is 4. The number of alkyl halides is 3. The first-order valence-electron chi connectivity index (χ1n) is 15.6. The molecule has 1 saturated carbocycles. The number of halogens is 3. The molecule has 41 heavy (non-hydrogen) atoms. The van der Waals surface area contributed by atoms with Gasteiger partial charge in [0.25, 0.3) is 5.56 Å². The lowest BCUT2D eigenvalue weighted by molar-refractivity contribution is -0.138. The van der Waals surface area contributed by atoms with Crippen LogP contribution in [-0.4, -0.2) is 60.7 Å². The molecule has 1 aliphatic heterocycles. The van der Waals surface area contributed by atoms with Gasteiger partial charge in [-0.1, -0.05) is 74.7 Å². The maximum absolute atomic E-state index is 12.9. The Morgan fingerprint density at radius 3 is 2.12 bits per heavy atom. The Kier molecular flexibility index (Phi) is 22.8. The molecular weight excluding hydrogens is 531 g/mol. The first-order chi connectivity index (χ1) is 19.4. The zero-order chi connectivity index (χ0) is 32.2. The molecule has 0 unspecified atom stereocenters. The molecule has 2 heterocycles. The van der Waals surface area contributed by atoms with Crippen LogP contribution in [0.2, 0.25) is 0 Å². The standard InChI is InChI=1S/C17H22F3N3O2.C8H18O.C3H8.2C2H6/c1-21(2)13-4-3-11(7-13)16(25)22-5-6-23-14(10-22)8-12(9-15(23)24)17(18,19)20;1-4-5-6-8(2)7-9-3;1-3-2;2*1-2/h8-9,11,13H,3-7,10H2,1-2H3;8H,4-7H2,1-3H3;3H2,1-2H3;2*1-2H3/t11-,13+;8-;;;/m00.../s1. The summed E-state index contributed by atoms with van der Waals surface area (Å²) in [5, 5.41) is 0. The number of pyridine rings is 1. The van der Waals surface area contributed by atoms with Crippen molar-refractivity contribution in [2.45, 2.75) is 126 Å². The number of carbonyl (C=O) groups is 1. The molecule has 1 aromatic rings. The second-order valence-corrected chi connectivity index (χ2v) is 10.5. The van der Waals surface area contributed by atoms with E-state index in [1.807, 2.05) is 41.8 Å². The lowest BCUT2D eigenvalue weighted by Crippen LogP contribution is -2.44. The number of methoxy groups -OCH3 is 1. The smallest absolute Gasteiger partial charge is 0.384 e. The quantitative estimate of drug-likeness (QED) is 0.324. The minimum Gasteiger partial charge on any atom is -0.384 e. The fourth-order valence-electron chi connectivity index (χ4n) is 4.71. The van der Waals surface area contributed by atoms with Gasteiger partial charge >= 0.3 is 6.18 Å². The summed E-state index contributed by atoms with van der Waals surface area (Å²) in [6.07, 6.45) is 3.16. The van der Waals surface area contributed by atoms with Crippen LogP contribution in [0.25, 0.3) is 0 Å². The van der Waals surface area contributed by atoms with Crippen molar-refractivity contribution in [3.63, 3.8) is 0 Å². The SMILES string of the molecule is CC.CC.CCC.CCCC[C@H](C)COC.CN(C)[C@@H]1CC[C@H](C(=O)N2CCn3c(cc(C(F)(F)F)cc3=O)C2)C1. The molecule has 0 N–H and O–H groups in total. The molecule has 0 saturated heterocycles. The van der Waals surface area contributed by atoms with Gasteiger partial charge in [0.15, 0.2) is 0 Å². The van der Waals surface area contributed by atoms with E-state index in [4.69, 9.17) is 4.74 Å². The van der Waals surface area contributed by atoms with E-state index in [0.717, 1.165) is 37.9 Å². The van der Waals surface area contributed by atoms with Crippen LogP contribution in [0.4, 0.5) is 13.2 Å². The summed E-state index contributed by atoms with van der Waals surface area (Å²) in [7, 11) is 5.74. The average Bonchev–Trinajstić information content (AvgIpc) is 3.45. The van der Waals surface area contributed by atoms with Crippen molar-refractivity contribution in [3.05, 3.63) is 33.7 Å². The molecule has 1 aliphatic carbocycles. The molecule has 0 aromatic carbocycles. The molecule has 1 amide bonds. The largest absolute Gasteiger partial charge is 0.416 e. The van der Waals surface area contributed by atoms with E-state index in [0.29, 0.717) is 18.7 Å². The lowest BCUT2D eigenvalue weighted by atomic mass is 10.0. The molecular formula is C32H60F3N3O3. The van der Waals surface area contributed by atoms with Gasteiger partial charge in [-0.25, -0.2) is 0 Å². The van der Waals surface area contributed by atoms with Crippen LogP contribution in [0.1, 0.15) is 112 Å². The first kappa shape index (κ1) is 41.3. The van der Waals surface area contributed by atoms with Crippen LogP contribution >= 0.6 is 0 Å². The molecule has 242 valence electrons. The van der Waals surface area contributed by atoms with E-state index in [2.05, 4.69) is 32.6 Å². The fourth-order valence-corrected chi connectivity index (χ4v) is 4.71. The zero-order valence-corrected chi connectivity index (χ0v) is 27.9. The second kappa shape index (κ2) is 22.7. The van der Waals surface area contributed by atoms with E-state index < -0.39 is 17.3 Å². The van der Waals surface area contributed by atoms with Gasteiger partial charge in [-0.15, -0.1) is 0 Å². The van der Waals surface area contributed by atoms with Crippen molar-refractivity contribution in [2.24, 2.45) is 11.8 Å². The number of amides is 1.